The first kappa shape index (κ1) is 23.5. The van der Waals surface area contributed by atoms with E-state index in [2.05, 4.69) is 14.7 Å². The van der Waals surface area contributed by atoms with Crippen molar-refractivity contribution in [1.82, 2.24) is 14.5 Å². The Kier molecular flexibility index (Phi) is 5.71. The Labute approximate surface area is 207 Å². The van der Waals surface area contributed by atoms with E-state index in [4.69, 9.17) is 10.9 Å². The highest BCUT2D eigenvalue weighted by Crippen LogP contribution is 2.36. The van der Waals surface area contributed by atoms with Crippen molar-refractivity contribution in [3.05, 3.63) is 91.4 Å². The van der Waals surface area contributed by atoms with Gasteiger partial charge in [-0.05, 0) is 54.1 Å². The number of fused-ring (bicyclic) bond motifs is 1. The van der Waals surface area contributed by atoms with Gasteiger partial charge in [0.1, 0.15) is 6.33 Å². The molecule has 5 aromatic rings. The number of nitrogens with two attached hydrogens (primary N) is 2. The molecule has 2 heterocycles. The molecule has 0 saturated carbocycles. The van der Waals surface area contributed by atoms with Crippen LogP contribution in [0.5, 0.6) is 0 Å². The van der Waals surface area contributed by atoms with E-state index in [1.54, 1.807) is 22.9 Å². The molecule has 0 spiro atoms. The van der Waals surface area contributed by atoms with Gasteiger partial charge >= 0.3 is 0 Å². The summed E-state index contributed by atoms with van der Waals surface area (Å²) in [5.74, 6) is 0.0931. The van der Waals surface area contributed by atoms with Crippen LogP contribution in [-0.4, -0.2) is 31.4 Å². The number of benzene rings is 3. The second kappa shape index (κ2) is 8.75. The molecule has 0 aliphatic rings. The lowest BCUT2D eigenvalue weighted by atomic mass is 10.1. The second-order valence-electron chi connectivity index (χ2n) is 7.91. The number of nitrogens with one attached hydrogen (secondary N) is 1. The summed E-state index contributed by atoms with van der Waals surface area (Å²) in [6, 6.07) is 21.2. The number of hydrogen-bond acceptors (Lipinski definition) is 7. The zero-order valence-corrected chi connectivity index (χ0v) is 20.2. The van der Waals surface area contributed by atoms with Gasteiger partial charge in [0.15, 0.2) is 11.5 Å². The van der Waals surface area contributed by atoms with Crippen LogP contribution >= 0.6 is 0 Å². The van der Waals surface area contributed by atoms with Crippen molar-refractivity contribution in [1.29, 1.82) is 0 Å². The van der Waals surface area contributed by atoms with Crippen molar-refractivity contribution >= 4 is 42.6 Å². The summed E-state index contributed by atoms with van der Waals surface area (Å²) in [6.45, 7) is 0. The van der Waals surface area contributed by atoms with E-state index in [1.807, 2.05) is 30.3 Å². The third-order valence-corrected chi connectivity index (χ3v) is 7.82. The van der Waals surface area contributed by atoms with Crippen LogP contribution in [0.4, 0.5) is 11.5 Å². The molecule has 0 fully saturated rings. The SMILES string of the molecule is Nc1ccc(S(=O)(=O)Nc2ncnc3c2c(-c2ccccc2)cn3-c2ccc(S(N)(=O)=O)cc2)cc1. The second-order valence-corrected chi connectivity index (χ2v) is 11.2. The van der Waals surface area contributed by atoms with Crippen LogP contribution < -0.4 is 15.6 Å². The van der Waals surface area contributed by atoms with Gasteiger partial charge in [0.2, 0.25) is 10.0 Å². The predicted molar refractivity (Wildman–Crippen MR) is 137 cm³/mol. The molecular formula is C24H20N6O4S2. The minimum Gasteiger partial charge on any atom is -0.399 e. The molecule has 3 aromatic carbocycles. The van der Waals surface area contributed by atoms with Crippen LogP contribution in [0.25, 0.3) is 27.8 Å². The molecule has 0 unspecified atom stereocenters. The fourth-order valence-electron chi connectivity index (χ4n) is 3.80. The van der Waals surface area contributed by atoms with E-state index in [9.17, 15) is 16.8 Å². The lowest BCUT2D eigenvalue weighted by Crippen LogP contribution is -2.14. The minimum absolute atomic E-state index is 0.0300. The molecule has 10 nitrogen and oxygen atoms in total. The Morgan fingerprint density at radius 1 is 0.778 bits per heavy atom. The summed E-state index contributed by atoms with van der Waals surface area (Å²) in [5, 5.41) is 5.69. The maximum Gasteiger partial charge on any atom is 0.263 e. The van der Waals surface area contributed by atoms with E-state index in [0.717, 1.165) is 5.56 Å². The molecule has 0 aliphatic heterocycles. The van der Waals surface area contributed by atoms with Crippen LogP contribution in [0.3, 0.4) is 0 Å². The molecule has 5 rings (SSSR count). The topological polar surface area (TPSA) is 163 Å². The monoisotopic (exact) mass is 520 g/mol. The number of nitrogens with zero attached hydrogens (tertiary/aromatic N) is 3. The van der Waals surface area contributed by atoms with Crippen molar-refractivity contribution in [2.75, 3.05) is 10.5 Å². The Balaban J connectivity index is 1.70. The molecule has 0 saturated heterocycles. The molecule has 12 heteroatoms. The Hall–Kier alpha value is -4.26. The Bertz CT molecular complexity index is 1780. The molecule has 182 valence electrons. The van der Waals surface area contributed by atoms with Gasteiger partial charge < -0.3 is 10.3 Å². The standard InChI is InChI=1S/C24H20N6O4S2/c25-17-6-10-20(11-7-17)36(33,34)29-23-22-21(16-4-2-1-3-5-16)14-30(24(22)28-15-27-23)18-8-12-19(13-9-18)35(26,31)32/h1-15H,25H2,(H2,26,31,32)(H,27,28,29). The fourth-order valence-corrected chi connectivity index (χ4v) is 5.34. The average Bonchev–Trinajstić information content (AvgIpc) is 3.25. The lowest BCUT2D eigenvalue weighted by Gasteiger charge is -2.10. The molecule has 0 radical (unpaired) electrons. The van der Waals surface area contributed by atoms with Crippen LogP contribution in [-0.2, 0) is 20.0 Å². The lowest BCUT2D eigenvalue weighted by molar-refractivity contribution is 0.597. The fraction of sp³-hybridized carbons (Fsp3) is 0. The van der Waals surface area contributed by atoms with Crippen molar-refractivity contribution in [2.24, 2.45) is 5.14 Å². The van der Waals surface area contributed by atoms with E-state index in [-0.39, 0.29) is 15.6 Å². The van der Waals surface area contributed by atoms with Crippen LogP contribution in [0.1, 0.15) is 0 Å². The number of rotatable bonds is 6. The maximum atomic E-state index is 13.1. The van der Waals surface area contributed by atoms with Crippen LogP contribution in [0.15, 0.2) is 101 Å². The average molecular weight is 521 g/mol. The van der Waals surface area contributed by atoms with Gasteiger partial charge in [-0.3, -0.25) is 4.72 Å². The number of nitrogen functional groups attached to an aromatic ring is 1. The number of primary sulfonamides is 1. The largest absolute Gasteiger partial charge is 0.399 e. The normalized spacial score (nSPS) is 12.0. The summed E-state index contributed by atoms with van der Waals surface area (Å²) in [5.41, 5.74) is 8.64. The maximum absolute atomic E-state index is 13.1. The van der Waals surface area contributed by atoms with E-state index >= 15 is 0 Å². The zero-order chi connectivity index (χ0) is 25.5. The van der Waals surface area contributed by atoms with Crippen LogP contribution in [0.2, 0.25) is 0 Å². The number of hydrogen-bond donors (Lipinski definition) is 3. The quantitative estimate of drug-likeness (QED) is 0.290. The number of sulfonamides is 2. The van der Waals surface area contributed by atoms with Crippen molar-refractivity contribution in [3.63, 3.8) is 0 Å². The van der Waals surface area contributed by atoms with Crippen molar-refractivity contribution in [2.45, 2.75) is 9.79 Å². The third-order valence-electron chi connectivity index (χ3n) is 5.53. The highest BCUT2D eigenvalue weighted by atomic mass is 32.2. The van der Waals surface area contributed by atoms with Gasteiger partial charge in [-0.15, -0.1) is 0 Å². The van der Waals surface area contributed by atoms with Crippen molar-refractivity contribution in [3.8, 4) is 16.8 Å². The van der Waals surface area contributed by atoms with E-state index in [0.29, 0.717) is 28.0 Å². The molecule has 2 aromatic heterocycles. The Morgan fingerprint density at radius 3 is 2.06 bits per heavy atom. The highest BCUT2D eigenvalue weighted by Gasteiger charge is 2.22. The van der Waals surface area contributed by atoms with Gasteiger partial charge in [-0.1, -0.05) is 30.3 Å². The summed E-state index contributed by atoms with van der Waals surface area (Å²) < 4.78 is 53.9. The summed E-state index contributed by atoms with van der Waals surface area (Å²) in [7, 11) is -7.84. The molecule has 0 aliphatic carbocycles. The van der Waals surface area contributed by atoms with Gasteiger partial charge in [0.05, 0.1) is 15.2 Å². The number of anilines is 2. The predicted octanol–water partition coefficient (Wildman–Crippen LogP) is 3.12. The van der Waals surface area contributed by atoms with E-state index < -0.39 is 20.0 Å². The first-order valence-electron chi connectivity index (χ1n) is 10.6. The number of aromatic nitrogens is 3. The smallest absolute Gasteiger partial charge is 0.263 e. The van der Waals surface area contributed by atoms with Gasteiger partial charge in [-0.2, -0.15) is 0 Å². The molecule has 5 N–H and O–H groups in total. The molecule has 0 atom stereocenters. The van der Waals surface area contributed by atoms with E-state index in [1.165, 1.54) is 42.7 Å². The summed E-state index contributed by atoms with van der Waals surface area (Å²) >= 11 is 0. The molecule has 0 bridgehead atoms. The highest BCUT2D eigenvalue weighted by molar-refractivity contribution is 7.92. The first-order valence-corrected chi connectivity index (χ1v) is 13.6. The zero-order valence-electron chi connectivity index (χ0n) is 18.6. The summed E-state index contributed by atoms with van der Waals surface area (Å²) in [4.78, 5) is 8.65. The van der Waals surface area contributed by atoms with Gasteiger partial charge in [-0.25, -0.2) is 31.9 Å². The van der Waals surface area contributed by atoms with Crippen LogP contribution in [0, 0.1) is 0 Å². The van der Waals surface area contributed by atoms with Gasteiger partial charge in [0, 0.05) is 23.1 Å². The minimum atomic E-state index is -3.98. The summed E-state index contributed by atoms with van der Waals surface area (Å²) in [6.07, 6.45) is 3.05. The molecule has 36 heavy (non-hydrogen) atoms. The molecule has 0 amide bonds. The Morgan fingerprint density at radius 2 is 1.42 bits per heavy atom. The van der Waals surface area contributed by atoms with Crippen molar-refractivity contribution < 1.29 is 16.8 Å². The third kappa shape index (κ3) is 4.40. The molecular weight excluding hydrogens is 500 g/mol. The van der Waals surface area contributed by atoms with Gasteiger partial charge in [0.25, 0.3) is 10.0 Å². The first-order chi connectivity index (χ1) is 17.1.